The molecule has 0 bridgehead atoms. The zero-order valence-electron chi connectivity index (χ0n) is 27.9. The van der Waals surface area contributed by atoms with Crippen molar-refractivity contribution in [3.05, 3.63) is 170 Å². The van der Waals surface area contributed by atoms with Gasteiger partial charge in [-0.25, -0.2) is 15.0 Å². The molecule has 0 fully saturated rings. The summed E-state index contributed by atoms with van der Waals surface area (Å²) in [5.41, 5.74) is 7.60. The molecule has 0 unspecified atom stereocenters. The maximum Gasteiger partial charge on any atom is 0.167 e. The Morgan fingerprint density at radius 1 is 0.404 bits per heavy atom. The Bertz CT molecular complexity index is 3190. The van der Waals surface area contributed by atoms with E-state index in [0.29, 0.717) is 17.5 Å². The number of furan rings is 1. The molecule has 0 aliphatic rings. The highest BCUT2D eigenvalue weighted by Crippen LogP contribution is 2.40. The number of hydrogen-bond donors (Lipinski definition) is 0. The van der Waals surface area contributed by atoms with Gasteiger partial charge in [-0.3, -0.25) is 0 Å². The van der Waals surface area contributed by atoms with Gasteiger partial charge in [-0.05, 0) is 52.6 Å². The normalized spacial score (nSPS) is 11.8. The number of fused-ring (bicyclic) bond motifs is 9. The van der Waals surface area contributed by atoms with Gasteiger partial charge in [0.05, 0.1) is 22.3 Å². The van der Waals surface area contributed by atoms with Gasteiger partial charge in [0.25, 0.3) is 0 Å². The highest BCUT2D eigenvalue weighted by atomic mass is 16.3. The third-order valence-electron chi connectivity index (χ3n) is 10.2. The molecule has 0 aliphatic carbocycles. The van der Waals surface area contributed by atoms with Gasteiger partial charge in [-0.1, -0.05) is 133 Å². The smallest absolute Gasteiger partial charge is 0.167 e. The molecule has 5 heteroatoms. The molecule has 3 heterocycles. The lowest BCUT2D eigenvalue weighted by atomic mass is 10.0. The minimum Gasteiger partial charge on any atom is -0.455 e. The minimum absolute atomic E-state index is 0.562. The molecule has 0 spiro atoms. The Morgan fingerprint density at radius 3 is 1.92 bits per heavy atom. The van der Waals surface area contributed by atoms with Crippen LogP contribution in [0.25, 0.3) is 105 Å². The molecule has 0 saturated heterocycles. The van der Waals surface area contributed by atoms with Crippen molar-refractivity contribution >= 4 is 65.3 Å². The van der Waals surface area contributed by atoms with Crippen LogP contribution in [-0.2, 0) is 0 Å². The van der Waals surface area contributed by atoms with E-state index < -0.39 is 0 Å². The molecule has 8 aromatic carbocycles. The zero-order valence-corrected chi connectivity index (χ0v) is 27.9. The number of aromatic nitrogens is 4. The van der Waals surface area contributed by atoms with E-state index in [0.717, 1.165) is 66.1 Å². The first-order chi connectivity index (χ1) is 25.8. The maximum atomic E-state index is 6.46. The third-order valence-corrected chi connectivity index (χ3v) is 10.2. The van der Waals surface area contributed by atoms with Crippen LogP contribution in [0.3, 0.4) is 0 Å². The van der Waals surface area contributed by atoms with Crippen molar-refractivity contribution in [2.24, 2.45) is 0 Å². The second-order valence-corrected chi connectivity index (χ2v) is 13.2. The lowest BCUT2D eigenvalue weighted by Crippen LogP contribution is -2.02. The van der Waals surface area contributed by atoms with E-state index in [1.165, 1.54) is 21.5 Å². The van der Waals surface area contributed by atoms with Crippen LogP contribution < -0.4 is 0 Å². The van der Waals surface area contributed by atoms with E-state index in [1.54, 1.807) is 0 Å². The van der Waals surface area contributed by atoms with Crippen LogP contribution in [0.15, 0.2) is 174 Å². The molecule has 11 aromatic rings. The van der Waals surface area contributed by atoms with Gasteiger partial charge in [0.2, 0.25) is 0 Å². The summed E-state index contributed by atoms with van der Waals surface area (Å²) in [6.07, 6.45) is 0. The summed E-state index contributed by atoms with van der Waals surface area (Å²) in [5, 5.41) is 9.27. The first kappa shape index (κ1) is 28.7. The molecule has 0 amide bonds. The predicted octanol–water partition coefficient (Wildman–Crippen LogP) is 12.2. The highest BCUT2D eigenvalue weighted by molar-refractivity contribution is 6.22. The molecule has 0 saturated carbocycles. The molecular weight excluding hydrogens is 637 g/mol. The zero-order chi connectivity index (χ0) is 34.2. The summed E-state index contributed by atoms with van der Waals surface area (Å²) in [6.45, 7) is 0. The van der Waals surface area contributed by atoms with Crippen LogP contribution in [-0.4, -0.2) is 19.5 Å². The molecule has 242 valence electrons. The van der Waals surface area contributed by atoms with Crippen molar-refractivity contribution < 1.29 is 4.42 Å². The monoisotopic (exact) mass is 664 g/mol. The van der Waals surface area contributed by atoms with Crippen molar-refractivity contribution in [3.8, 4) is 39.9 Å². The van der Waals surface area contributed by atoms with E-state index in [4.69, 9.17) is 19.4 Å². The summed E-state index contributed by atoms with van der Waals surface area (Å²) < 4.78 is 8.86. The fourth-order valence-corrected chi connectivity index (χ4v) is 7.87. The largest absolute Gasteiger partial charge is 0.455 e. The SMILES string of the molecule is c1ccc(-c2nc(-c3cc(-n4c5ccccc5c5c6ccccc6ccc54)c4ccccc4c3)nc(-c3cccc4c3oc3ccccc34)n2)cc1. The van der Waals surface area contributed by atoms with Crippen molar-refractivity contribution in [1.82, 2.24) is 19.5 Å². The van der Waals surface area contributed by atoms with Crippen LogP contribution in [0.5, 0.6) is 0 Å². The molecule has 0 radical (unpaired) electrons. The first-order valence-corrected chi connectivity index (χ1v) is 17.5. The van der Waals surface area contributed by atoms with Gasteiger partial charge in [0.1, 0.15) is 11.2 Å². The number of benzene rings is 8. The molecule has 0 aliphatic heterocycles. The van der Waals surface area contributed by atoms with Crippen LogP contribution in [0, 0.1) is 0 Å². The van der Waals surface area contributed by atoms with E-state index >= 15 is 0 Å². The van der Waals surface area contributed by atoms with Crippen LogP contribution >= 0.6 is 0 Å². The van der Waals surface area contributed by atoms with Crippen LogP contribution in [0.2, 0.25) is 0 Å². The van der Waals surface area contributed by atoms with Crippen molar-refractivity contribution in [1.29, 1.82) is 0 Å². The second-order valence-electron chi connectivity index (χ2n) is 13.2. The predicted molar refractivity (Wildman–Crippen MR) is 213 cm³/mol. The van der Waals surface area contributed by atoms with Crippen molar-refractivity contribution in [2.45, 2.75) is 0 Å². The quantitative estimate of drug-likeness (QED) is 0.188. The second kappa shape index (κ2) is 11.2. The Kier molecular flexibility index (Phi) is 6.18. The van der Waals surface area contributed by atoms with Gasteiger partial charge in [-0.2, -0.15) is 0 Å². The highest BCUT2D eigenvalue weighted by Gasteiger charge is 2.21. The molecule has 0 N–H and O–H groups in total. The molecular formula is C47H28N4O. The Morgan fingerprint density at radius 2 is 1.06 bits per heavy atom. The van der Waals surface area contributed by atoms with Gasteiger partial charge in [-0.15, -0.1) is 0 Å². The minimum atomic E-state index is 0.562. The van der Waals surface area contributed by atoms with E-state index in [2.05, 4.69) is 114 Å². The van der Waals surface area contributed by atoms with Gasteiger partial charge in [0, 0.05) is 38.1 Å². The van der Waals surface area contributed by atoms with Gasteiger partial charge < -0.3 is 8.98 Å². The third kappa shape index (κ3) is 4.33. The van der Waals surface area contributed by atoms with Crippen molar-refractivity contribution in [2.75, 3.05) is 0 Å². The molecule has 5 nitrogen and oxygen atoms in total. The summed E-state index contributed by atoms with van der Waals surface area (Å²) >= 11 is 0. The van der Waals surface area contributed by atoms with Crippen molar-refractivity contribution in [3.63, 3.8) is 0 Å². The van der Waals surface area contributed by atoms with Gasteiger partial charge >= 0.3 is 0 Å². The fraction of sp³-hybridized carbons (Fsp3) is 0. The van der Waals surface area contributed by atoms with E-state index in [1.807, 2.05) is 60.7 Å². The number of hydrogen-bond acceptors (Lipinski definition) is 4. The molecule has 11 rings (SSSR count). The first-order valence-electron chi connectivity index (χ1n) is 17.5. The molecule has 3 aromatic heterocycles. The topological polar surface area (TPSA) is 56.7 Å². The summed E-state index contributed by atoms with van der Waals surface area (Å²) in [4.78, 5) is 15.5. The Balaban J connectivity index is 1.21. The average Bonchev–Trinajstić information content (AvgIpc) is 3.77. The summed E-state index contributed by atoms with van der Waals surface area (Å²) in [6, 6.07) is 59.2. The standard InChI is InChI=1S/C47H28N4O/c1-2-14-30(15-3-1)45-48-46(50-47(49-45)38-22-12-21-36-35-19-9-11-24-42(35)52-44(36)38)32-27-31-16-5-6-17-33(31)41(28-32)51-39-23-10-8-20-37(39)43-34-18-7-4-13-29(34)25-26-40(43)51/h1-28H. The van der Waals surface area contributed by atoms with E-state index in [-0.39, 0.29) is 0 Å². The lowest BCUT2D eigenvalue weighted by Gasteiger charge is -2.15. The molecule has 0 atom stereocenters. The molecule has 52 heavy (non-hydrogen) atoms. The van der Waals surface area contributed by atoms with E-state index in [9.17, 15) is 0 Å². The van der Waals surface area contributed by atoms with Crippen LogP contribution in [0.4, 0.5) is 0 Å². The lowest BCUT2D eigenvalue weighted by molar-refractivity contribution is 0.669. The summed E-state index contributed by atoms with van der Waals surface area (Å²) in [7, 11) is 0. The van der Waals surface area contributed by atoms with Gasteiger partial charge in [0.15, 0.2) is 17.5 Å². The fourth-order valence-electron chi connectivity index (χ4n) is 7.87. The summed E-state index contributed by atoms with van der Waals surface area (Å²) in [5.74, 6) is 1.76. The number of para-hydroxylation sites is 3. The number of rotatable bonds is 4. The average molecular weight is 665 g/mol. The maximum absolute atomic E-state index is 6.46. The Hall–Kier alpha value is -7.11. The number of nitrogens with zero attached hydrogens (tertiary/aromatic N) is 4. The Labute approximate surface area is 298 Å². The van der Waals surface area contributed by atoms with Crippen LogP contribution in [0.1, 0.15) is 0 Å².